The van der Waals surface area contributed by atoms with Gasteiger partial charge in [-0.25, -0.2) is 0 Å². The number of nitrogens with zero attached hydrogens (tertiary/aromatic N) is 1. The molecule has 0 spiro atoms. The standard InChI is InChI=1S/C15H30N2O/c1-3-14-11-18-9-8-17(14)15(10-16)13-6-4-12(2)5-7-13/h12-15H,3-11,16H2,1-2H3. The third-order valence-electron chi connectivity index (χ3n) is 5.02. The Hall–Kier alpha value is -0.120. The quantitative estimate of drug-likeness (QED) is 0.836. The molecule has 2 N–H and O–H groups in total. The summed E-state index contributed by atoms with van der Waals surface area (Å²) in [6, 6.07) is 1.18. The van der Waals surface area contributed by atoms with Gasteiger partial charge in [0.25, 0.3) is 0 Å². The van der Waals surface area contributed by atoms with Crippen molar-refractivity contribution >= 4 is 0 Å². The number of morpholine rings is 1. The molecule has 1 saturated heterocycles. The zero-order chi connectivity index (χ0) is 13.0. The first kappa shape index (κ1) is 14.3. The van der Waals surface area contributed by atoms with Gasteiger partial charge in [0.1, 0.15) is 0 Å². The van der Waals surface area contributed by atoms with Crippen molar-refractivity contribution < 1.29 is 4.74 Å². The molecule has 3 heteroatoms. The van der Waals surface area contributed by atoms with E-state index in [1.165, 1.54) is 32.1 Å². The lowest BCUT2D eigenvalue weighted by atomic mass is 9.78. The molecule has 1 aliphatic heterocycles. The molecule has 3 nitrogen and oxygen atoms in total. The Balaban J connectivity index is 1.97. The van der Waals surface area contributed by atoms with Crippen molar-refractivity contribution in [1.82, 2.24) is 4.90 Å². The van der Waals surface area contributed by atoms with E-state index in [2.05, 4.69) is 18.7 Å². The van der Waals surface area contributed by atoms with Crippen molar-refractivity contribution in [3.8, 4) is 0 Å². The zero-order valence-corrected chi connectivity index (χ0v) is 12.1. The van der Waals surface area contributed by atoms with E-state index in [4.69, 9.17) is 10.5 Å². The van der Waals surface area contributed by atoms with Crippen LogP contribution in [0, 0.1) is 11.8 Å². The molecule has 1 saturated carbocycles. The molecule has 0 bridgehead atoms. The van der Waals surface area contributed by atoms with Gasteiger partial charge >= 0.3 is 0 Å². The molecule has 0 aromatic heterocycles. The fraction of sp³-hybridized carbons (Fsp3) is 1.00. The van der Waals surface area contributed by atoms with Gasteiger partial charge in [0.15, 0.2) is 0 Å². The largest absolute Gasteiger partial charge is 0.378 e. The summed E-state index contributed by atoms with van der Waals surface area (Å²) in [5.41, 5.74) is 6.10. The van der Waals surface area contributed by atoms with Gasteiger partial charge in [-0.3, -0.25) is 4.90 Å². The minimum Gasteiger partial charge on any atom is -0.378 e. The fourth-order valence-electron chi connectivity index (χ4n) is 3.73. The van der Waals surface area contributed by atoms with Gasteiger partial charge in [0.2, 0.25) is 0 Å². The summed E-state index contributed by atoms with van der Waals surface area (Å²) in [7, 11) is 0. The summed E-state index contributed by atoms with van der Waals surface area (Å²) in [5.74, 6) is 1.74. The molecule has 2 fully saturated rings. The lowest BCUT2D eigenvalue weighted by molar-refractivity contribution is -0.0450. The average Bonchev–Trinajstić information content (AvgIpc) is 2.42. The van der Waals surface area contributed by atoms with E-state index in [-0.39, 0.29) is 0 Å². The normalized spacial score (nSPS) is 36.5. The summed E-state index contributed by atoms with van der Waals surface area (Å²) in [6.45, 7) is 8.33. The molecule has 0 amide bonds. The Morgan fingerprint density at radius 2 is 2.00 bits per heavy atom. The van der Waals surface area contributed by atoms with Gasteiger partial charge in [-0.05, 0) is 31.1 Å². The smallest absolute Gasteiger partial charge is 0.0622 e. The van der Waals surface area contributed by atoms with Crippen molar-refractivity contribution in [2.75, 3.05) is 26.3 Å². The molecule has 2 unspecified atom stereocenters. The highest BCUT2D eigenvalue weighted by Gasteiger charge is 2.34. The molecule has 2 aliphatic rings. The van der Waals surface area contributed by atoms with Crippen molar-refractivity contribution in [1.29, 1.82) is 0 Å². The first-order valence-corrected chi connectivity index (χ1v) is 7.79. The van der Waals surface area contributed by atoms with Crippen LogP contribution in [0.15, 0.2) is 0 Å². The topological polar surface area (TPSA) is 38.5 Å². The third kappa shape index (κ3) is 3.25. The predicted octanol–water partition coefficient (Wildman–Crippen LogP) is 2.25. The van der Waals surface area contributed by atoms with Crippen LogP contribution in [0.2, 0.25) is 0 Å². The van der Waals surface area contributed by atoms with Crippen molar-refractivity contribution in [3.63, 3.8) is 0 Å². The second-order valence-corrected chi connectivity index (χ2v) is 6.20. The number of rotatable bonds is 4. The third-order valence-corrected chi connectivity index (χ3v) is 5.02. The van der Waals surface area contributed by atoms with Gasteiger partial charge in [-0.1, -0.05) is 26.7 Å². The van der Waals surface area contributed by atoms with Crippen LogP contribution in [0.4, 0.5) is 0 Å². The molecule has 1 heterocycles. The molecule has 0 radical (unpaired) electrons. The van der Waals surface area contributed by atoms with E-state index in [0.29, 0.717) is 12.1 Å². The minimum atomic E-state index is 0.589. The zero-order valence-electron chi connectivity index (χ0n) is 12.1. The van der Waals surface area contributed by atoms with Crippen LogP contribution in [-0.4, -0.2) is 43.3 Å². The molecular formula is C15H30N2O. The van der Waals surface area contributed by atoms with Crippen LogP contribution >= 0.6 is 0 Å². The Kier molecular flexibility index (Phi) is 5.46. The van der Waals surface area contributed by atoms with Crippen LogP contribution in [-0.2, 0) is 4.74 Å². The molecular weight excluding hydrogens is 224 g/mol. The van der Waals surface area contributed by atoms with Crippen LogP contribution in [0.5, 0.6) is 0 Å². The van der Waals surface area contributed by atoms with Crippen LogP contribution in [0.25, 0.3) is 0 Å². The Morgan fingerprint density at radius 1 is 1.28 bits per heavy atom. The van der Waals surface area contributed by atoms with E-state index in [1.54, 1.807) is 0 Å². The molecule has 2 rings (SSSR count). The van der Waals surface area contributed by atoms with Gasteiger partial charge in [-0.2, -0.15) is 0 Å². The van der Waals surface area contributed by atoms with Gasteiger partial charge in [0, 0.05) is 25.2 Å². The number of ether oxygens (including phenoxy) is 1. The Bertz CT molecular complexity index is 239. The average molecular weight is 254 g/mol. The first-order chi connectivity index (χ1) is 8.76. The summed E-state index contributed by atoms with van der Waals surface area (Å²) in [6.07, 6.45) is 6.71. The SMILES string of the molecule is CCC1COCCN1C(CN)C1CCC(C)CC1. The van der Waals surface area contributed by atoms with E-state index in [0.717, 1.165) is 38.1 Å². The number of nitrogens with two attached hydrogens (primary N) is 1. The Morgan fingerprint density at radius 3 is 2.61 bits per heavy atom. The fourth-order valence-corrected chi connectivity index (χ4v) is 3.73. The Labute approximate surface area is 112 Å². The van der Waals surface area contributed by atoms with Gasteiger partial charge < -0.3 is 10.5 Å². The van der Waals surface area contributed by atoms with Crippen molar-refractivity contribution in [2.45, 2.75) is 58.0 Å². The highest BCUT2D eigenvalue weighted by molar-refractivity contribution is 4.88. The molecule has 106 valence electrons. The molecule has 2 atom stereocenters. The molecule has 18 heavy (non-hydrogen) atoms. The van der Waals surface area contributed by atoms with E-state index < -0.39 is 0 Å². The van der Waals surface area contributed by atoms with E-state index in [1.807, 2.05) is 0 Å². The molecule has 1 aliphatic carbocycles. The van der Waals surface area contributed by atoms with Gasteiger partial charge in [0.05, 0.1) is 13.2 Å². The van der Waals surface area contributed by atoms with Gasteiger partial charge in [-0.15, -0.1) is 0 Å². The molecule has 0 aromatic rings. The van der Waals surface area contributed by atoms with Crippen molar-refractivity contribution in [2.24, 2.45) is 17.6 Å². The first-order valence-electron chi connectivity index (χ1n) is 7.79. The van der Waals surface area contributed by atoms with Crippen LogP contribution in [0.3, 0.4) is 0 Å². The monoisotopic (exact) mass is 254 g/mol. The lowest BCUT2D eigenvalue weighted by Gasteiger charge is -2.45. The number of hydrogen-bond donors (Lipinski definition) is 1. The highest BCUT2D eigenvalue weighted by atomic mass is 16.5. The highest BCUT2D eigenvalue weighted by Crippen LogP contribution is 2.33. The minimum absolute atomic E-state index is 0.589. The van der Waals surface area contributed by atoms with E-state index in [9.17, 15) is 0 Å². The summed E-state index contributed by atoms with van der Waals surface area (Å²) < 4.78 is 5.62. The van der Waals surface area contributed by atoms with E-state index >= 15 is 0 Å². The lowest BCUT2D eigenvalue weighted by Crippen LogP contribution is -2.55. The maximum atomic E-state index is 6.10. The number of hydrogen-bond acceptors (Lipinski definition) is 3. The predicted molar refractivity (Wildman–Crippen MR) is 75.6 cm³/mol. The van der Waals surface area contributed by atoms with Crippen LogP contribution in [0.1, 0.15) is 46.0 Å². The second kappa shape index (κ2) is 6.88. The maximum absolute atomic E-state index is 6.10. The summed E-state index contributed by atoms with van der Waals surface area (Å²) in [5, 5.41) is 0. The summed E-state index contributed by atoms with van der Waals surface area (Å²) in [4.78, 5) is 2.66. The summed E-state index contributed by atoms with van der Waals surface area (Å²) >= 11 is 0. The molecule has 0 aromatic carbocycles. The van der Waals surface area contributed by atoms with Crippen LogP contribution < -0.4 is 5.73 Å². The van der Waals surface area contributed by atoms with Crippen molar-refractivity contribution in [3.05, 3.63) is 0 Å². The maximum Gasteiger partial charge on any atom is 0.0622 e. The second-order valence-electron chi connectivity index (χ2n) is 6.20.